The molecule has 0 amide bonds. The van der Waals surface area contributed by atoms with Crippen LogP contribution in [-0.2, 0) is 0 Å². The molecule has 0 saturated carbocycles. The molecule has 5 heteroatoms. The lowest BCUT2D eigenvalue weighted by Gasteiger charge is -2.02. The van der Waals surface area contributed by atoms with Crippen LogP contribution in [0.25, 0.3) is 17.1 Å². The zero-order chi connectivity index (χ0) is 12.7. The summed E-state index contributed by atoms with van der Waals surface area (Å²) in [4.78, 5) is 4.29. The Labute approximate surface area is 103 Å². The maximum Gasteiger partial charge on any atom is 0.204 e. The quantitative estimate of drug-likeness (QED) is 0.653. The van der Waals surface area contributed by atoms with Gasteiger partial charge < -0.3 is 4.42 Å². The molecule has 0 aromatic carbocycles. The molecule has 0 bridgehead atoms. The van der Waals surface area contributed by atoms with Gasteiger partial charge in [-0.25, -0.2) is 9.50 Å². The van der Waals surface area contributed by atoms with E-state index in [4.69, 9.17) is 9.68 Å². The van der Waals surface area contributed by atoms with Crippen LogP contribution in [0.3, 0.4) is 0 Å². The topological polar surface area (TPSA) is 67.1 Å². The largest absolute Gasteiger partial charge is 0.444 e. The summed E-state index contributed by atoms with van der Waals surface area (Å²) >= 11 is 0. The Bertz CT molecular complexity index is 776. The van der Waals surface area contributed by atoms with Gasteiger partial charge in [0.2, 0.25) is 5.76 Å². The lowest BCUT2D eigenvalue weighted by atomic mass is 10.2. The summed E-state index contributed by atoms with van der Waals surface area (Å²) in [6.45, 7) is 3.92. The van der Waals surface area contributed by atoms with Crippen molar-refractivity contribution in [3.05, 3.63) is 41.4 Å². The number of imidazole rings is 1. The minimum atomic E-state index is 0.284. The molecule has 3 rings (SSSR count). The molecule has 18 heavy (non-hydrogen) atoms. The van der Waals surface area contributed by atoms with Crippen LogP contribution in [0.5, 0.6) is 0 Å². The van der Waals surface area contributed by atoms with Crippen LogP contribution in [0, 0.1) is 25.2 Å². The van der Waals surface area contributed by atoms with Gasteiger partial charge >= 0.3 is 0 Å². The van der Waals surface area contributed by atoms with E-state index in [0.717, 1.165) is 16.9 Å². The fourth-order valence-corrected chi connectivity index (χ4v) is 1.89. The van der Waals surface area contributed by atoms with E-state index < -0.39 is 0 Å². The first-order valence-electron chi connectivity index (χ1n) is 5.51. The van der Waals surface area contributed by atoms with E-state index in [-0.39, 0.29) is 5.76 Å². The highest BCUT2D eigenvalue weighted by Crippen LogP contribution is 2.22. The fourth-order valence-electron chi connectivity index (χ4n) is 1.89. The molecule has 0 spiro atoms. The Kier molecular flexibility index (Phi) is 2.17. The van der Waals surface area contributed by atoms with Crippen molar-refractivity contribution in [1.29, 1.82) is 5.26 Å². The van der Waals surface area contributed by atoms with Gasteiger partial charge in [0.1, 0.15) is 11.8 Å². The number of hydrogen-bond acceptors (Lipinski definition) is 4. The van der Waals surface area contributed by atoms with Crippen molar-refractivity contribution in [3.8, 4) is 17.5 Å². The maximum absolute atomic E-state index is 8.76. The van der Waals surface area contributed by atoms with Gasteiger partial charge in [0.25, 0.3) is 0 Å². The summed E-state index contributed by atoms with van der Waals surface area (Å²) in [5, 5.41) is 13.2. The van der Waals surface area contributed by atoms with Gasteiger partial charge in [-0.3, -0.25) is 0 Å². The van der Waals surface area contributed by atoms with Crippen molar-refractivity contribution in [2.24, 2.45) is 0 Å². The van der Waals surface area contributed by atoms with Gasteiger partial charge in [-0.2, -0.15) is 10.4 Å². The number of rotatable bonds is 1. The molecule has 0 unspecified atom stereocenters. The second kappa shape index (κ2) is 3.70. The predicted octanol–water partition coefficient (Wildman–Crippen LogP) is 2.48. The predicted molar refractivity (Wildman–Crippen MR) is 64.9 cm³/mol. The lowest BCUT2D eigenvalue weighted by Crippen LogP contribution is -1.98. The average Bonchev–Trinajstić information content (AvgIpc) is 2.97. The first kappa shape index (κ1) is 10.5. The molecule has 0 aliphatic rings. The number of aromatic nitrogens is 3. The SMILES string of the molecule is Cc1cc(-c2ccc(C#N)o2)nn2c(C)cnc12. The molecule has 0 saturated heterocycles. The lowest BCUT2D eigenvalue weighted by molar-refractivity contribution is 0.563. The Hall–Kier alpha value is -2.61. The van der Waals surface area contributed by atoms with E-state index in [0.29, 0.717) is 11.5 Å². The minimum Gasteiger partial charge on any atom is -0.444 e. The molecule has 0 N–H and O–H groups in total. The third-order valence-corrected chi connectivity index (χ3v) is 2.79. The highest BCUT2D eigenvalue weighted by atomic mass is 16.3. The highest BCUT2D eigenvalue weighted by molar-refractivity contribution is 5.59. The summed E-state index contributed by atoms with van der Waals surface area (Å²) in [7, 11) is 0. The van der Waals surface area contributed by atoms with Gasteiger partial charge in [0.15, 0.2) is 11.4 Å². The van der Waals surface area contributed by atoms with Crippen molar-refractivity contribution >= 4 is 5.65 Å². The molecule has 3 aromatic rings. The number of nitrogens with zero attached hydrogens (tertiary/aromatic N) is 4. The Balaban J connectivity index is 2.23. The summed E-state index contributed by atoms with van der Waals surface area (Å²) in [6.07, 6.45) is 1.78. The third kappa shape index (κ3) is 1.47. The van der Waals surface area contributed by atoms with E-state index in [1.165, 1.54) is 0 Å². The summed E-state index contributed by atoms with van der Waals surface area (Å²) in [5.41, 5.74) is 3.51. The Morgan fingerprint density at radius 1 is 1.33 bits per heavy atom. The molecule has 0 aliphatic carbocycles. The van der Waals surface area contributed by atoms with E-state index >= 15 is 0 Å². The molecule has 0 aliphatic heterocycles. The Morgan fingerprint density at radius 3 is 2.89 bits per heavy atom. The summed E-state index contributed by atoms with van der Waals surface area (Å²) in [6, 6.07) is 7.25. The zero-order valence-electron chi connectivity index (χ0n) is 10.0. The normalized spacial score (nSPS) is 10.7. The number of hydrogen-bond donors (Lipinski definition) is 0. The minimum absolute atomic E-state index is 0.284. The zero-order valence-corrected chi connectivity index (χ0v) is 10.0. The molecule has 0 fully saturated rings. The van der Waals surface area contributed by atoms with E-state index in [2.05, 4.69) is 10.1 Å². The van der Waals surface area contributed by atoms with Crippen LogP contribution in [0.15, 0.2) is 28.8 Å². The smallest absolute Gasteiger partial charge is 0.204 e. The first-order chi connectivity index (χ1) is 8.69. The van der Waals surface area contributed by atoms with Gasteiger partial charge in [-0.15, -0.1) is 0 Å². The van der Waals surface area contributed by atoms with Crippen molar-refractivity contribution in [1.82, 2.24) is 14.6 Å². The second-order valence-electron chi connectivity index (χ2n) is 4.12. The van der Waals surface area contributed by atoms with Gasteiger partial charge in [-0.1, -0.05) is 0 Å². The van der Waals surface area contributed by atoms with Crippen LogP contribution < -0.4 is 0 Å². The van der Waals surface area contributed by atoms with Crippen LogP contribution >= 0.6 is 0 Å². The number of aryl methyl sites for hydroxylation is 2. The van der Waals surface area contributed by atoms with Crippen molar-refractivity contribution in [2.45, 2.75) is 13.8 Å². The van der Waals surface area contributed by atoms with E-state index in [1.807, 2.05) is 26.0 Å². The molecule has 0 atom stereocenters. The molecule has 88 valence electrons. The molecule has 3 aromatic heterocycles. The summed E-state index contributed by atoms with van der Waals surface area (Å²) < 4.78 is 7.16. The monoisotopic (exact) mass is 238 g/mol. The van der Waals surface area contributed by atoms with Crippen LogP contribution in [0.4, 0.5) is 0 Å². The average molecular weight is 238 g/mol. The Morgan fingerprint density at radius 2 is 2.17 bits per heavy atom. The highest BCUT2D eigenvalue weighted by Gasteiger charge is 2.11. The molecular weight excluding hydrogens is 228 g/mol. The molecular formula is C13H10N4O. The molecule has 0 radical (unpaired) electrons. The second-order valence-corrected chi connectivity index (χ2v) is 4.12. The van der Waals surface area contributed by atoms with Crippen LogP contribution in [0.1, 0.15) is 17.0 Å². The van der Waals surface area contributed by atoms with E-state index in [9.17, 15) is 0 Å². The van der Waals surface area contributed by atoms with Crippen molar-refractivity contribution in [2.75, 3.05) is 0 Å². The van der Waals surface area contributed by atoms with Crippen LogP contribution in [0.2, 0.25) is 0 Å². The molecule has 3 heterocycles. The number of fused-ring (bicyclic) bond motifs is 1. The fraction of sp³-hybridized carbons (Fsp3) is 0.154. The van der Waals surface area contributed by atoms with Gasteiger partial charge in [0, 0.05) is 0 Å². The summed E-state index contributed by atoms with van der Waals surface area (Å²) in [5.74, 6) is 0.872. The molecule has 5 nitrogen and oxygen atoms in total. The van der Waals surface area contributed by atoms with Crippen LogP contribution in [-0.4, -0.2) is 14.6 Å². The van der Waals surface area contributed by atoms with Gasteiger partial charge in [-0.05, 0) is 37.6 Å². The van der Waals surface area contributed by atoms with Gasteiger partial charge in [0.05, 0.1) is 11.9 Å². The first-order valence-corrected chi connectivity index (χ1v) is 5.51. The number of furan rings is 1. The van der Waals surface area contributed by atoms with E-state index in [1.54, 1.807) is 22.8 Å². The standard InChI is InChI=1S/C13H10N4O/c1-8-5-11(12-4-3-10(6-14)18-12)16-17-9(2)7-15-13(8)17/h3-5,7H,1-2H3. The van der Waals surface area contributed by atoms with Crippen molar-refractivity contribution < 1.29 is 4.42 Å². The van der Waals surface area contributed by atoms with Crippen molar-refractivity contribution in [3.63, 3.8) is 0 Å². The third-order valence-electron chi connectivity index (χ3n) is 2.79. The number of nitriles is 1. The maximum atomic E-state index is 8.76.